The highest BCUT2D eigenvalue weighted by molar-refractivity contribution is 6.30. The van der Waals surface area contributed by atoms with E-state index in [0.717, 1.165) is 44.5 Å². The fraction of sp³-hybridized carbons (Fsp3) is 0.333. The van der Waals surface area contributed by atoms with Crippen molar-refractivity contribution in [1.82, 2.24) is 14.5 Å². The van der Waals surface area contributed by atoms with Crippen LogP contribution in [0.5, 0.6) is 5.75 Å². The van der Waals surface area contributed by atoms with E-state index >= 15 is 0 Å². The molecule has 0 amide bonds. The number of ether oxygens (including phenoxy) is 1. The zero-order valence-corrected chi connectivity index (χ0v) is 23.3. The zero-order valence-electron chi connectivity index (χ0n) is 22.6. The van der Waals surface area contributed by atoms with E-state index < -0.39 is 0 Å². The molecule has 0 spiro atoms. The number of benzene rings is 3. The average Bonchev–Trinajstić information content (AvgIpc) is 2.98. The van der Waals surface area contributed by atoms with Gasteiger partial charge in [0.1, 0.15) is 17.1 Å². The maximum Gasteiger partial charge on any atom is 0.261 e. The molecule has 39 heavy (non-hydrogen) atoms. The Hall–Kier alpha value is -3.41. The minimum atomic E-state index is -0.0228. The Bertz CT molecular complexity index is 1460. The van der Waals surface area contributed by atoms with Crippen LogP contribution in [0, 0.1) is 5.92 Å². The first kappa shape index (κ1) is 27.2. The maximum absolute atomic E-state index is 13.6. The first-order valence-corrected chi connectivity index (χ1v) is 14.3. The topological polar surface area (TPSA) is 47.4 Å². The molecule has 5 nitrogen and oxygen atoms in total. The zero-order chi connectivity index (χ0) is 27.0. The molecule has 4 aromatic rings. The first-order valence-electron chi connectivity index (χ1n) is 13.9. The van der Waals surface area contributed by atoms with Gasteiger partial charge in [-0.15, -0.1) is 0 Å². The Kier molecular flexibility index (Phi) is 9.12. The van der Waals surface area contributed by atoms with Crippen LogP contribution in [-0.4, -0.2) is 41.2 Å². The number of piperidine rings is 1. The van der Waals surface area contributed by atoms with Crippen LogP contribution >= 0.6 is 11.6 Å². The summed E-state index contributed by atoms with van der Waals surface area (Å²) in [7, 11) is 1.61. The van der Waals surface area contributed by atoms with E-state index in [9.17, 15) is 4.79 Å². The number of rotatable bonds is 10. The standard InChI is InChI=1S/C33H36ClN3O2/c1-39-30-11-5-10-29-32(30)35-31(17-14-27-12-15-28(34)16-13-27)37(33(29)38)21-6-9-26-19-23-36(24-20-26)22-18-25-7-3-2-4-8-25/h2-5,7-8,10-17,26H,6,9,18-24H2,1H3/b17-14+. The average molecular weight is 542 g/mol. The van der Waals surface area contributed by atoms with Crippen molar-refractivity contribution in [2.75, 3.05) is 26.7 Å². The lowest BCUT2D eigenvalue weighted by Crippen LogP contribution is -2.35. The number of hydrogen-bond donors (Lipinski definition) is 0. The van der Waals surface area contributed by atoms with Gasteiger partial charge in [0.25, 0.3) is 5.56 Å². The van der Waals surface area contributed by atoms with Crippen LogP contribution in [0.4, 0.5) is 0 Å². The number of para-hydroxylation sites is 1. The molecule has 5 rings (SSSR count). The molecule has 0 radical (unpaired) electrons. The number of aromatic nitrogens is 2. The number of methoxy groups -OCH3 is 1. The van der Waals surface area contributed by atoms with Crippen LogP contribution in [0.15, 0.2) is 77.6 Å². The van der Waals surface area contributed by atoms with E-state index in [1.54, 1.807) is 7.11 Å². The lowest BCUT2D eigenvalue weighted by molar-refractivity contribution is 0.178. The van der Waals surface area contributed by atoms with Crippen molar-refractivity contribution in [3.8, 4) is 5.75 Å². The van der Waals surface area contributed by atoms with Gasteiger partial charge in [-0.05, 0) is 92.6 Å². The van der Waals surface area contributed by atoms with Gasteiger partial charge in [0, 0.05) is 18.1 Å². The lowest BCUT2D eigenvalue weighted by Gasteiger charge is -2.32. The van der Waals surface area contributed by atoms with Gasteiger partial charge in [-0.25, -0.2) is 4.98 Å². The van der Waals surface area contributed by atoms with Crippen LogP contribution in [0.3, 0.4) is 0 Å². The Morgan fingerprint density at radius 1 is 0.949 bits per heavy atom. The Morgan fingerprint density at radius 2 is 1.72 bits per heavy atom. The highest BCUT2D eigenvalue weighted by atomic mass is 35.5. The smallest absolute Gasteiger partial charge is 0.261 e. The number of likely N-dealkylation sites (tertiary alicyclic amines) is 1. The van der Waals surface area contributed by atoms with Crippen LogP contribution in [0.2, 0.25) is 5.02 Å². The van der Waals surface area contributed by atoms with Gasteiger partial charge in [-0.2, -0.15) is 0 Å². The van der Waals surface area contributed by atoms with Gasteiger partial charge >= 0.3 is 0 Å². The third-order valence-electron chi connectivity index (χ3n) is 7.75. The van der Waals surface area contributed by atoms with Gasteiger partial charge in [0.2, 0.25) is 0 Å². The molecule has 1 saturated heterocycles. The van der Waals surface area contributed by atoms with Crippen molar-refractivity contribution in [1.29, 1.82) is 0 Å². The van der Waals surface area contributed by atoms with E-state index in [-0.39, 0.29) is 5.56 Å². The molecule has 3 aromatic carbocycles. The molecule has 0 bridgehead atoms. The van der Waals surface area contributed by atoms with E-state index in [1.807, 2.05) is 59.2 Å². The van der Waals surface area contributed by atoms with Crippen molar-refractivity contribution < 1.29 is 4.74 Å². The largest absolute Gasteiger partial charge is 0.494 e. The van der Waals surface area contributed by atoms with Crippen LogP contribution < -0.4 is 10.3 Å². The van der Waals surface area contributed by atoms with E-state index in [2.05, 4.69) is 35.2 Å². The predicted octanol–water partition coefficient (Wildman–Crippen LogP) is 6.96. The maximum atomic E-state index is 13.6. The quantitative estimate of drug-likeness (QED) is 0.218. The molecular formula is C33H36ClN3O2. The van der Waals surface area contributed by atoms with Crippen molar-refractivity contribution in [2.24, 2.45) is 5.92 Å². The molecule has 1 aromatic heterocycles. The summed E-state index contributed by atoms with van der Waals surface area (Å²) < 4.78 is 7.33. The van der Waals surface area contributed by atoms with Gasteiger partial charge < -0.3 is 9.64 Å². The van der Waals surface area contributed by atoms with Crippen molar-refractivity contribution in [2.45, 2.75) is 38.6 Å². The minimum Gasteiger partial charge on any atom is -0.494 e. The molecular weight excluding hydrogens is 506 g/mol. The molecule has 202 valence electrons. The Labute approximate surface area is 235 Å². The Balaban J connectivity index is 1.25. The molecule has 6 heteroatoms. The predicted molar refractivity (Wildman–Crippen MR) is 161 cm³/mol. The molecule has 0 N–H and O–H groups in total. The van der Waals surface area contributed by atoms with Crippen LogP contribution in [-0.2, 0) is 13.0 Å². The summed E-state index contributed by atoms with van der Waals surface area (Å²) in [5, 5.41) is 1.28. The van der Waals surface area contributed by atoms with E-state index in [4.69, 9.17) is 21.3 Å². The summed E-state index contributed by atoms with van der Waals surface area (Å²) in [5.74, 6) is 1.95. The highest BCUT2D eigenvalue weighted by Gasteiger charge is 2.19. The van der Waals surface area contributed by atoms with Crippen molar-refractivity contribution in [3.63, 3.8) is 0 Å². The molecule has 0 atom stereocenters. The second kappa shape index (κ2) is 13.1. The van der Waals surface area contributed by atoms with Crippen LogP contribution in [0.25, 0.3) is 23.1 Å². The van der Waals surface area contributed by atoms with Gasteiger partial charge in [-0.3, -0.25) is 9.36 Å². The third kappa shape index (κ3) is 6.97. The third-order valence-corrected chi connectivity index (χ3v) is 8.00. The highest BCUT2D eigenvalue weighted by Crippen LogP contribution is 2.25. The molecule has 1 aliphatic rings. The van der Waals surface area contributed by atoms with E-state index in [0.29, 0.717) is 40.0 Å². The summed E-state index contributed by atoms with van der Waals surface area (Å²) in [6.07, 6.45) is 9.52. The van der Waals surface area contributed by atoms with Crippen molar-refractivity contribution in [3.05, 3.63) is 105 Å². The molecule has 0 aliphatic carbocycles. The summed E-state index contributed by atoms with van der Waals surface area (Å²) in [6.45, 7) is 4.09. The first-order chi connectivity index (χ1) is 19.1. The monoisotopic (exact) mass is 541 g/mol. The van der Waals surface area contributed by atoms with Gasteiger partial charge in [0.15, 0.2) is 0 Å². The molecule has 2 heterocycles. The number of nitrogens with zero attached hydrogens (tertiary/aromatic N) is 3. The van der Waals surface area contributed by atoms with Crippen molar-refractivity contribution >= 4 is 34.7 Å². The molecule has 1 fully saturated rings. The Morgan fingerprint density at radius 3 is 2.46 bits per heavy atom. The van der Waals surface area contributed by atoms with Gasteiger partial charge in [0.05, 0.1) is 12.5 Å². The normalized spacial score (nSPS) is 14.8. The number of halogens is 1. The second-order valence-corrected chi connectivity index (χ2v) is 10.8. The minimum absolute atomic E-state index is 0.0228. The summed E-state index contributed by atoms with van der Waals surface area (Å²) in [6, 6.07) is 23.9. The fourth-order valence-corrected chi connectivity index (χ4v) is 5.58. The van der Waals surface area contributed by atoms with Gasteiger partial charge in [-0.1, -0.05) is 66.2 Å². The van der Waals surface area contributed by atoms with Crippen LogP contribution in [0.1, 0.15) is 42.6 Å². The summed E-state index contributed by atoms with van der Waals surface area (Å²) in [4.78, 5) is 21.1. The second-order valence-electron chi connectivity index (χ2n) is 10.3. The van der Waals surface area contributed by atoms with E-state index in [1.165, 1.54) is 18.4 Å². The molecule has 0 unspecified atom stereocenters. The number of fused-ring (bicyclic) bond motifs is 1. The lowest BCUT2D eigenvalue weighted by atomic mass is 9.92. The summed E-state index contributed by atoms with van der Waals surface area (Å²) >= 11 is 6.05. The molecule has 0 saturated carbocycles. The SMILES string of the molecule is COc1cccc2c(=O)n(CCCC3CCN(CCc4ccccc4)CC3)c(/C=C/c3ccc(Cl)cc3)nc12. The number of hydrogen-bond acceptors (Lipinski definition) is 4. The fourth-order valence-electron chi connectivity index (χ4n) is 5.46. The summed E-state index contributed by atoms with van der Waals surface area (Å²) in [5.41, 5.74) is 2.98. The molecule has 1 aliphatic heterocycles.